The third-order valence-corrected chi connectivity index (χ3v) is 5.34. The van der Waals surface area contributed by atoms with Crippen LogP contribution in [0.1, 0.15) is 5.56 Å². The summed E-state index contributed by atoms with van der Waals surface area (Å²) in [6.07, 6.45) is 0. The maximum Gasteiger partial charge on any atom is 0.289 e. The zero-order valence-corrected chi connectivity index (χ0v) is 15.8. The SMILES string of the molecule is O=C(CS(=O)(=O)Cc1cccc(Br)c1)Nc1ccc(Cl)c([N+](=O)[O-])c1. The number of hydrogen-bond acceptors (Lipinski definition) is 5. The number of carbonyl (C=O) groups is 1. The van der Waals surface area contributed by atoms with E-state index in [-0.39, 0.29) is 22.2 Å². The lowest BCUT2D eigenvalue weighted by Crippen LogP contribution is -2.24. The van der Waals surface area contributed by atoms with Crippen LogP contribution in [0.3, 0.4) is 0 Å². The Morgan fingerprint density at radius 2 is 1.96 bits per heavy atom. The number of anilines is 1. The number of nitro benzene ring substituents is 1. The van der Waals surface area contributed by atoms with Crippen molar-refractivity contribution in [2.75, 3.05) is 11.1 Å². The van der Waals surface area contributed by atoms with Crippen LogP contribution in [0, 0.1) is 10.1 Å². The van der Waals surface area contributed by atoms with Gasteiger partial charge in [-0.05, 0) is 29.8 Å². The number of carbonyl (C=O) groups excluding carboxylic acids is 1. The van der Waals surface area contributed by atoms with Gasteiger partial charge in [0.1, 0.15) is 10.8 Å². The summed E-state index contributed by atoms with van der Waals surface area (Å²) in [7, 11) is -3.70. The zero-order chi connectivity index (χ0) is 18.6. The van der Waals surface area contributed by atoms with E-state index in [0.29, 0.717) is 5.56 Å². The Bertz CT molecular complexity index is 933. The van der Waals surface area contributed by atoms with Crippen LogP contribution >= 0.6 is 27.5 Å². The summed E-state index contributed by atoms with van der Waals surface area (Å²) >= 11 is 8.93. The van der Waals surface area contributed by atoms with Gasteiger partial charge in [-0.25, -0.2) is 8.42 Å². The van der Waals surface area contributed by atoms with E-state index in [1.165, 1.54) is 12.1 Å². The fourth-order valence-electron chi connectivity index (χ4n) is 2.06. The number of sulfone groups is 1. The van der Waals surface area contributed by atoms with Crippen LogP contribution in [0.15, 0.2) is 46.9 Å². The third-order valence-electron chi connectivity index (χ3n) is 3.05. The third kappa shape index (κ3) is 5.80. The molecule has 0 bridgehead atoms. The first-order valence-corrected chi connectivity index (χ1v) is 9.84. The monoisotopic (exact) mass is 446 g/mol. The molecule has 132 valence electrons. The van der Waals surface area contributed by atoms with E-state index in [1.807, 2.05) is 0 Å². The molecule has 0 spiro atoms. The molecule has 7 nitrogen and oxygen atoms in total. The van der Waals surface area contributed by atoms with Crippen molar-refractivity contribution >= 4 is 54.7 Å². The van der Waals surface area contributed by atoms with Gasteiger partial charge in [-0.2, -0.15) is 0 Å². The Morgan fingerprint density at radius 3 is 2.60 bits per heavy atom. The minimum atomic E-state index is -3.70. The molecule has 0 saturated carbocycles. The topological polar surface area (TPSA) is 106 Å². The van der Waals surface area contributed by atoms with Crippen molar-refractivity contribution in [3.63, 3.8) is 0 Å². The van der Waals surface area contributed by atoms with Crippen LogP contribution < -0.4 is 5.32 Å². The second-order valence-corrected chi connectivity index (χ2v) is 8.52. The fraction of sp³-hybridized carbons (Fsp3) is 0.133. The zero-order valence-electron chi connectivity index (χ0n) is 12.6. The quantitative estimate of drug-likeness (QED) is 0.538. The van der Waals surface area contributed by atoms with Gasteiger partial charge in [0, 0.05) is 16.2 Å². The molecular formula is C15H12BrClN2O5S. The first kappa shape index (κ1) is 19.4. The Morgan fingerprint density at radius 1 is 1.24 bits per heavy atom. The van der Waals surface area contributed by atoms with E-state index < -0.39 is 26.4 Å². The normalized spacial score (nSPS) is 11.1. The van der Waals surface area contributed by atoms with Crippen molar-refractivity contribution in [3.8, 4) is 0 Å². The molecule has 0 radical (unpaired) electrons. The molecule has 10 heteroatoms. The Kier molecular flexibility index (Phi) is 6.15. The van der Waals surface area contributed by atoms with Crippen molar-refractivity contribution in [1.29, 1.82) is 0 Å². The van der Waals surface area contributed by atoms with E-state index in [0.717, 1.165) is 10.5 Å². The number of rotatable bonds is 6. The van der Waals surface area contributed by atoms with E-state index in [2.05, 4.69) is 21.2 Å². The number of halogens is 2. The van der Waals surface area contributed by atoms with Crippen LogP contribution in [0.2, 0.25) is 5.02 Å². The molecule has 0 saturated heterocycles. The van der Waals surface area contributed by atoms with Gasteiger partial charge in [0.05, 0.1) is 10.7 Å². The summed E-state index contributed by atoms with van der Waals surface area (Å²) < 4.78 is 25.0. The molecule has 0 unspecified atom stereocenters. The lowest BCUT2D eigenvalue weighted by Gasteiger charge is -2.07. The highest BCUT2D eigenvalue weighted by molar-refractivity contribution is 9.10. The van der Waals surface area contributed by atoms with Gasteiger partial charge in [-0.15, -0.1) is 0 Å². The van der Waals surface area contributed by atoms with Crippen molar-refractivity contribution in [1.82, 2.24) is 0 Å². The summed E-state index contributed by atoms with van der Waals surface area (Å²) in [4.78, 5) is 22.1. The molecule has 0 aromatic heterocycles. The summed E-state index contributed by atoms with van der Waals surface area (Å²) in [5.41, 5.74) is 0.263. The Labute approximate surface area is 157 Å². The molecule has 0 aliphatic heterocycles. The van der Waals surface area contributed by atoms with Crippen molar-refractivity contribution in [2.45, 2.75) is 5.75 Å². The number of nitro groups is 1. The molecule has 0 aliphatic carbocycles. The van der Waals surface area contributed by atoms with Crippen LogP contribution in [-0.4, -0.2) is 25.0 Å². The highest BCUT2D eigenvalue weighted by atomic mass is 79.9. The van der Waals surface area contributed by atoms with Crippen LogP contribution in [0.4, 0.5) is 11.4 Å². The molecule has 1 N–H and O–H groups in total. The maximum atomic E-state index is 12.1. The van der Waals surface area contributed by atoms with Crippen molar-refractivity contribution in [3.05, 3.63) is 67.6 Å². The molecule has 0 atom stereocenters. The fourth-order valence-corrected chi connectivity index (χ4v) is 3.95. The van der Waals surface area contributed by atoms with Crippen molar-refractivity contribution < 1.29 is 18.1 Å². The number of amides is 1. The van der Waals surface area contributed by atoms with Gasteiger partial charge < -0.3 is 5.32 Å². The van der Waals surface area contributed by atoms with Gasteiger partial charge in [-0.1, -0.05) is 39.7 Å². The number of nitrogens with one attached hydrogen (secondary N) is 1. The second-order valence-electron chi connectivity index (χ2n) is 5.13. The highest BCUT2D eigenvalue weighted by Crippen LogP contribution is 2.27. The van der Waals surface area contributed by atoms with Gasteiger partial charge in [0.25, 0.3) is 5.69 Å². The molecule has 0 aliphatic rings. The minimum Gasteiger partial charge on any atom is -0.325 e. The lowest BCUT2D eigenvalue weighted by atomic mass is 10.2. The predicted octanol–water partition coefficient (Wildman–Crippen LogP) is 3.56. The second kappa shape index (κ2) is 7.94. The maximum absolute atomic E-state index is 12.1. The summed E-state index contributed by atoms with van der Waals surface area (Å²) in [5.74, 6) is -1.82. The van der Waals surface area contributed by atoms with Gasteiger partial charge in [0.15, 0.2) is 9.84 Å². The van der Waals surface area contributed by atoms with E-state index in [1.54, 1.807) is 24.3 Å². The van der Waals surface area contributed by atoms with E-state index >= 15 is 0 Å². The van der Waals surface area contributed by atoms with Crippen LogP contribution in [0.25, 0.3) is 0 Å². The Hall–Kier alpha value is -1.97. The highest BCUT2D eigenvalue weighted by Gasteiger charge is 2.19. The first-order valence-electron chi connectivity index (χ1n) is 6.85. The molecule has 0 heterocycles. The number of benzene rings is 2. The van der Waals surface area contributed by atoms with Gasteiger partial charge >= 0.3 is 0 Å². The average Bonchev–Trinajstić information content (AvgIpc) is 2.47. The lowest BCUT2D eigenvalue weighted by molar-refractivity contribution is -0.384. The average molecular weight is 448 g/mol. The molecule has 1 amide bonds. The molecule has 2 rings (SSSR count). The van der Waals surface area contributed by atoms with Gasteiger partial charge in [-0.3, -0.25) is 14.9 Å². The number of nitrogens with zero attached hydrogens (tertiary/aromatic N) is 1. The molecule has 2 aromatic carbocycles. The van der Waals surface area contributed by atoms with E-state index in [9.17, 15) is 23.3 Å². The smallest absolute Gasteiger partial charge is 0.289 e. The summed E-state index contributed by atoms with van der Waals surface area (Å²) in [5, 5.41) is 13.1. The standard InChI is InChI=1S/C15H12BrClN2O5S/c16-11-3-1-2-10(6-11)8-25(23,24)9-15(20)18-12-4-5-13(17)14(7-12)19(21)22/h1-7H,8-9H2,(H,18,20). The molecule has 2 aromatic rings. The summed E-state index contributed by atoms with van der Waals surface area (Å²) in [6, 6.07) is 10.4. The largest absolute Gasteiger partial charge is 0.325 e. The van der Waals surface area contributed by atoms with Crippen LogP contribution in [-0.2, 0) is 20.4 Å². The van der Waals surface area contributed by atoms with E-state index in [4.69, 9.17) is 11.6 Å². The molecule has 25 heavy (non-hydrogen) atoms. The first-order chi connectivity index (χ1) is 11.7. The summed E-state index contributed by atoms with van der Waals surface area (Å²) in [6.45, 7) is 0. The van der Waals surface area contributed by atoms with Crippen molar-refractivity contribution in [2.24, 2.45) is 0 Å². The minimum absolute atomic E-state index is 0.0784. The predicted molar refractivity (Wildman–Crippen MR) is 98.4 cm³/mol. The van der Waals surface area contributed by atoms with Crippen LogP contribution in [0.5, 0.6) is 0 Å². The van der Waals surface area contributed by atoms with Gasteiger partial charge in [0.2, 0.25) is 5.91 Å². The number of hydrogen-bond donors (Lipinski definition) is 1. The molecular weight excluding hydrogens is 436 g/mol. The molecule has 0 fully saturated rings. The Balaban J connectivity index is 2.06.